The van der Waals surface area contributed by atoms with Crippen LogP contribution in [0, 0.1) is 0 Å². The summed E-state index contributed by atoms with van der Waals surface area (Å²) in [5.74, 6) is 0.658. The van der Waals surface area contributed by atoms with Gasteiger partial charge in [-0.15, -0.1) is 0 Å². The maximum atomic E-state index is 12.9. The van der Waals surface area contributed by atoms with Crippen LogP contribution in [0.15, 0.2) is 0 Å². The molecule has 1 fully saturated rings. The molecule has 0 saturated carbocycles. The van der Waals surface area contributed by atoms with Crippen molar-refractivity contribution in [3.05, 3.63) is 0 Å². The van der Waals surface area contributed by atoms with Crippen molar-refractivity contribution in [2.75, 3.05) is 90.9 Å². The van der Waals surface area contributed by atoms with Gasteiger partial charge in [0.2, 0.25) is 0 Å². The topological polar surface area (TPSA) is 137 Å². The van der Waals surface area contributed by atoms with Crippen LogP contribution in [-0.4, -0.2) is 166 Å². The molecule has 0 amide bonds. The highest BCUT2D eigenvalue weighted by atomic mass is 32.2. The lowest BCUT2D eigenvalue weighted by atomic mass is 10.0. The summed E-state index contributed by atoms with van der Waals surface area (Å²) >= 11 is 1.46. The maximum Gasteiger partial charge on any atom is 0.305 e. The number of nitrogens with zero attached hydrogens (tertiary/aromatic N) is 4. The maximum absolute atomic E-state index is 12.9. The molecule has 11 nitrogen and oxygen atoms in total. The Morgan fingerprint density at radius 3 is 1.03 bits per heavy atom. The number of aliphatic hydroxyl groups excluding tert-OH is 4. The van der Waals surface area contributed by atoms with E-state index >= 15 is 0 Å². The number of hydrogen-bond acceptors (Lipinski definition) is 12. The lowest BCUT2D eigenvalue weighted by molar-refractivity contribution is -0.144. The Morgan fingerprint density at radius 1 is 0.397 bits per heavy atom. The number of unbranched alkanes of at least 4 members (excludes halogenated alkanes) is 30. The highest BCUT2D eigenvalue weighted by molar-refractivity contribution is 8.13. The zero-order chi connectivity index (χ0) is 56.8. The molecule has 1 aliphatic rings. The Balaban J connectivity index is 2.36. The van der Waals surface area contributed by atoms with Gasteiger partial charge in [-0.3, -0.25) is 29.2 Å². The summed E-state index contributed by atoms with van der Waals surface area (Å²) < 4.78 is 5.68. The molecule has 0 aromatic carbocycles. The normalized spacial score (nSPS) is 15.2. The average molecular weight is 1130 g/mol. The number of carbonyl (C=O) groups is 2. The molecule has 78 heavy (non-hydrogen) atoms. The van der Waals surface area contributed by atoms with Crippen molar-refractivity contribution in [1.82, 2.24) is 19.6 Å². The molecule has 1 saturated heterocycles. The van der Waals surface area contributed by atoms with Crippen molar-refractivity contribution < 1.29 is 34.8 Å². The van der Waals surface area contributed by atoms with E-state index in [2.05, 4.69) is 47.3 Å². The Bertz CT molecular complexity index is 1130. The minimum Gasteiger partial charge on any atom is -0.464 e. The highest BCUT2D eigenvalue weighted by Gasteiger charge is 2.20. The zero-order valence-corrected chi connectivity index (χ0v) is 52.9. The standard InChI is InChI=1S/C66H132N4O7S/c1-5-9-13-17-21-25-29-33-41-61(71)57-69(58-62(72)42-34-30-26-22-18-14-10-6-2)47-39-37-45-65(75)77-55-53-67-49-51-68(52-50-67)54-56-78-66(76)46-38-40-48-70(59-63(73)43-35-31-27-23-19-15-11-7-3)60-64(74)44-36-32-28-24-20-16-12-8-4/h61-64,71-74H,5-60H2,1-4H3. The molecule has 464 valence electrons. The number of ether oxygens (including phenoxy) is 1. The Labute approximate surface area is 487 Å². The fourth-order valence-electron chi connectivity index (χ4n) is 11.3. The summed E-state index contributed by atoms with van der Waals surface area (Å²) in [6.45, 7) is 18.8. The molecule has 4 atom stereocenters. The van der Waals surface area contributed by atoms with Gasteiger partial charge in [0.05, 0.1) is 24.4 Å². The van der Waals surface area contributed by atoms with Crippen molar-refractivity contribution in [2.24, 2.45) is 0 Å². The third kappa shape index (κ3) is 49.8. The van der Waals surface area contributed by atoms with E-state index in [9.17, 15) is 30.0 Å². The van der Waals surface area contributed by atoms with E-state index in [1.165, 1.54) is 192 Å². The molecule has 1 rings (SSSR count). The molecule has 0 bridgehead atoms. The lowest BCUT2D eigenvalue weighted by Gasteiger charge is -2.34. The van der Waals surface area contributed by atoms with Gasteiger partial charge in [-0.1, -0.05) is 245 Å². The SMILES string of the molecule is CCCCCCCCCCC(O)CN(CCCCC(=O)OCCN1CCN(CCSC(=O)CCCCN(CC(O)CCCCCCCCCC)CC(O)CCCCCCCCCC)CC1)CC(O)CCCCCCCCCC. The molecule has 1 aliphatic heterocycles. The van der Waals surface area contributed by atoms with E-state index in [-0.39, 0.29) is 35.5 Å². The zero-order valence-electron chi connectivity index (χ0n) is 52.1. The first-order valence-corrected chi connectivity index (χ1v) is 35.0. The van der Waals surface area contributed by atoms with Crippen LogP contribution in [0.1, 0.15) is 297 Å². The Kier molecular flexibility index (Phi) is 54.6. The van der Waals surface area contributed by atoms with Crippen LogP contribution >= 0.6 is 11.8 Å². The summed E-state index contributed by atoms with van der Waals surface area (Å²) in [6, 6.07) is 0. The summed E-state index contributed by atoms with van der Waals surface area (Å²) in [7, 11) is 0. The first-order chi connectivity index (χ1) is 38.1. The van der Waals surface area contributed by atoms with Crippen LogP contribution in [0.4, 0.5) is 0 Å². The van der Waals surface area contributed by atoms with Gasteiger partial charge in [-0.2, -0.15) is 0 Å². The summed E-state index contributed by atoms with van der Waals surface area (Å²) in [6.07, 6.45) is 46.2. The molecule has 4 unspecified atom stereocenters. The molecule has 1 heterocycles. The summed E-state index contributed by atoms with van der Waals surface area (Å²) in [4.78, 5) is 35.0. The number of carbonyl (C=O) groups excluding carboxylic acids is 2. The van der Waals surface area contributed by atoms with Crippen molar-refractivity contribution in [1.29, 1.82) is 0 Å². The number of piperazine rings is 1. The fraction of sp³-hybridized carbons (Fsp3) is 0.970. The minimum atomic E-state index is -0.387. The van der Waals surface area contributed by atoms with Gasteiger partial charge >= 0.3 is 5.97 Å². The molecular formula is C66H132N4O7S. The molecule has 0 aromatic rings. The number of aliphatic hydroxyl groups is 4. The second-order valence-corrected chi connectivity index (χ2v) is 25.4. The number of esters is 1. The molecular weight excluding hydrogens is 993 g/mol. The van der Waals surface area contributed by atoms with Crippen molar-refractivity contribution in [3.63, 3.8) is 0 Å². The van der Waals surface area contributed by atoms with E-state index in [0.29, 0.717) is 45.6 Å². The fourth-order valence-corrected chi connectivity index (χ4v) is 12.2. The van der Waals surface area contributed by atoms with Gasteiger partial charge in [-0.05, 0) is 64.5 Å². The molecule has 4 N–H and O–H groups in total. The number of rotatable bonds is 60. The second kappa shape index (κ2) is 56.6. The third-order valence-corrected chi connectivity index (χ3v) is 17.4. The van der Waals surface area contributed by atoms with Crippen LogP contribution in [0.3, 0.4) is 0 Å². The van der Waals surface area contributed by atoms with E-state index < -0.39 is 0 Å². The van der Waals surface area contributed by atoms with Gasteiger partial charge < -0.3 is 25.2 Å². The first-order valence-electron chi connectivity index (χ1n) is 34.0. The molecule has 12 heteroatoms. The quantitative estimate of drug-likeness (QED) is 0.0341. The predicted octanol–water partition coefficient (Wildman–Crippen LogP) is 14.9. The number of hydrogen-bond donors (Lipinski definition) is 4. The van der Waals surface area contributed by atoms with E-state index in [0.717, 1.165) is 135 Å². The van der Waals surface area contributed by atoms with Crippen molar-refractivity contribution >= 4 is 22.8 Å². The van der Waals surface area contributed by atoms with Gasteiger partial charge in [0.15, 0.2) is 5.12 Å². The van der Waals surface area contributed by atoms with Crippen LogP contribution in [0.5, 0.6) is 0 Å². The van der Waals surface area contributed by atoms with Gasteiger partial charge in [-0.25, -0.2) is 0 Å². The van der Waals surface area contributed by atoms with Gasteiger partial charge in [0, 0.05) is 84.0 Å². The lowest BCUT2D eigenvalue weighted by Crippen LogP contribution is -2.47. The first kappa shape index (κ1) is 75.2. The molecule has 0 aliphatic carbocycles. The van der Waals surface area contributed by atoms with Crippen LogP contribution in [0.2, 0.25) is 0 Å². The van der Waals surface area contributed by atoms with E-state index in [1.54, 1.807) is 0 Å². The van der Waals surface area contributed by atoms with Gasteiger partial charge in [0.1, 0.15) is 6.61 Å². The van der Waals surface area contributed by atoms with Crippen LogP contribution in [0.25, 0.3) is 0 Å². The third-order valence-electron chi connectivity index (χ3n) is 16.5. The highest BCUT2D eigenvalue weighted by Crippen LogP contribution is 2.18. The van der Waals surface area contributed by atoms with E-state index in [1.807, 2.05) is 0 Å². The molecule has 0 spiro atoms. The van der Waals surface area contributed by atoms with Crippen LogP contribution in [-0.2, 0) is 14.3 Å². The smallest absolute Gasteiger partial charge is 0.305 e. The Hall–Kier alpha value is -0.830. The second-order valence-electron chi connectivity index (χ2n) is 24.2. The van der Waals surface area contributed by atoms with E-state index in [4.69, 9.17) is 4.74 Å². The predicted molar refractivity (Wildman–Crippen MR) is 335 cm³/mol. The monoisotopic (exact) mass is 1120 g/mol. The summed E-state index contributed by atoms with van der Waals surface area (Å²) in [5, 5.41) is 44.2. The van der Waals surface area contributed by atoms with Crippen molar-refractivity contribution in [3.8, 4) is 0 Å². The average Bonchev–Trinajstić information content (AvgIpc) is 3.42. The number of thioether (sulfide) groups is 1. The Morgan fingerprint density at radius 2 is 0.692 bits per heavy atom. The van der Waals surface area contributed by atoms with Gasteiger partial charge in [0.25, 0.3) is 0 Å². The largest absolute Gasteiger partial charge is 0.464 e. The minimum absolute atomic E-state index is 0.144. The van der Waals surface area contributed by atoms with Crippen LogP contribution < -0.4 is 0 Å². The van der Waals surface area contributed by atoms with Crippen molar-refractivity contribution in [2.45, 2.75) is 322 Å². The molecule has 0 aromatic heterocycles. The summed E-state index contributed by atoms with van der Waals surface area (Å²) in [5.41, 5.74) is 0. The molecule has 0 radical (unpaired) electrons.